The van der Waals surface area contributed by atoms with E-state index in [0.29, 0.717) is 29.2 Å². The van der Waals surface area contributed by atoms with Crippen molar-refractivity contribution in [3.05, 3.63) is 65.6 Å². The molecule has 3 heterocycles. The number of nitrogens with zero attached hydrogens (tertiary/aromatic N) is 4. The Balaban J connectivity index is 1.74. The summed E-state index contributed by atoms with van der Waals surface area (Å²) in [5, 5.41) is 10.6. The Morgan fingerprint density at radius 3 is 2.71 bits per heavy atom. The number of carbonyl (C=O) groups is 2. The van der Waals surface area contributed by atoms with Crippen LogP contribution in [0.4, 0.5) is 0 Å². The molecule has 1 amide bonds. The van der Waals surface area contributed by atoms with E-state index in [1.807, 2.05) is 19.1 Å². The van der Waals surface area contributed by atoms with Crippen LogP contribution in [0.2, 0.25) is 0 Å². The third-order valence-corrected chi connectivity index (χ3v) is 5.46. The van der Waals surface area contributed by atoms with Crippen LogP contribution in [0.1, 0.15) is 35.1 Å². The molecule has 0 spiro atoms. The van der Waals surface area contributed by atoms with Crippen molar-refractivity contribution in [3.8, 4) is 34.5 Å². The van der Waals surface area contributed by atoms with E-state index in [-0.39, 0.29) is 18.7 Å². The molecule has 8 nitrogen and oxygen atoms in total. The van der Waals surface area contributed by atoms with Gasteiger partial charge in [-0.25, -0.2) is 14.8 Å². The summed E-state index contributed by atoms with van der Waals surface area (Å²) in [6.45, 7) is 4.30. The second-order valence-corrected chi connectivity index (χ2v) is 8.04. The van der Waals surface area contributed by atoms with Crippen LogP contribution in [0.15, 0.2) is 48.7 Å². The molecule has 0 saturated carbocycles. The lowest BCUT2D eigenvalue weighted by molar-refractivity contribution is -0.137. The van der Waals surface area contributed by atoms with Gasteiger partial charge in [0.2, 0.25) is 5.60 Å². The number of aryl methyl sites for hydroxylation is 1. The zero-order valence-electron chi connectivity index (χ0n) is 19.2. The summed E-state index contributed by atoms with van der Waals surface area (Å²) in [7, 11) is 1.64. The van der Waals surface area contributed by atoms with Gasteiger partial charge in [-0.05, 0) is 44.2 Å². The maximum atomic E-state index is 12.5. The lowest BCUT2D eigenvalue weighted by Crippen LogP contribution is -2.37. The van der Waals surface area contributed by atoms with Gasteiger partial charge in [-0.2, -0.15) is 0 Å². The maximum Gasteiger partial charge on any atom is 0.357 e. The minimum Gasteiger partial charge on any atom is -0.461 e. The van der Waals surface area contributed by atoms with Crippen LogP contribution in [-0.4, -0.2) is 62.6 Å². The Hall–Kier alpha value is -4.09. The van der Waals surface area contributed by atoms with E-state index in [1.54, 1.807) is 50.5 Å². The van der Waals surface area contributed by atoms with E-state index in [0.717, 1.165) is 11.3 Å². The molecule has 1 N–H and O–H groups in total. The molecule has 2 aromatic heterocycles. The number of likely N-dealkylation sites (tertiary alicyclic amines) is 1. The predicted octanol–water partition coefficient (Wildman–Crippen LogP) is 2.64. The lowest BCUT2D eigenvalue weighted by atomic mass is 10.0. The van der Waals surface area contributed by atoms with Gasteiger partial charge in [0, 0.05) is 48.6 Å². The van der Waals surface area contributed by atoms with Crippen molar-refractivity contribution in [2.45, 2.75) is 25.9 Å². The van der Waals surface area contributed by atoms with Crippen molar-refractivity contribution in [2.75, 3.05) is 20.2 Å². The van der Waals surface area contributed by atoms with Crippen molar-refractivity contribution < 1.29 is 19.4 Å². The smallest absolute Gasteiger partial charge is 0.357 e. The number of pyridine rings is 1. The van der Waals surface area contributed by atoms with Crippen molar-refractivity contribution in [1.29, 1.82) is 0 Å². The molecule has 1 aliphatic heterocycles. The first-order valence-electron chi connectivity index (χ1n) is 10.9. The average Bonchev–Trinajstić information content (AvgIpc) is 3.11. The van der Waals surface area contributed by atoms with Crippen LogP contribution in [0.25, 0.3) is 22.6 Å². The first-order valence-corrected chi connectivity index (χ1v) is 10.9. The molecule has 1 fully saturated rings. The van der Waals surface area contributed by atoms with Gasteiger partial charge in [-0.3, -0.25) is 9.78 Å². The average molecular weight is 457 g/mol. The molecule has 0 radical (unpaired) electrons. The van der Waals surface area contributed by atoms with Crippen LogP contribution in [0.5, 0.6) is 0 Å². The van der Waals surface area contributed by atoms with Crippen LogP contribution in [0.3, 0.4) is 0 Å². The van der Waals surface area contributed by atoms with Crippen LogP contribution in [0, 0.1) is 18.8 Å². The highest BCUT2D eigenvalue weighted by molar-refractivity contribution is 5.91. The van der Waals surface area contributed by atoms with Crippen LogP contribution in [-0.2, 0) is 9.53 Å². The zero-order valence-corrected chi connectivity index (χ0v) is 19.2. The second-order valence-electron chi connectivity index (χ2n) is 8.04. The van der Waals surface area contributed by atoms with Gasteiger partial charge < -0.3 is 14.7 Å². The van der Waals surface area contributed by atoms with Crippen LogP contribution < -0.4 is 0 Å². The van der Waals surface area contributed by atoms with Gasteiger partial charge >= 0.3 is 5.97 Å². The Labute approximate surface area is 197 Å². The fourth-order valence-corrected chi connectivity index (χ4v) is 3.53. The molecule has 8 heteroatoms. The number of benzene rings is 1. The Bertz CT molecular complexity index is 1310. The topological polar surface area (TPSA) is 106 Å². The highest BCUT2D eigenvalue weighted by Crippen LogP contribution is 2.24. The summed E-state index contributed by atoms with van der Waals surface area (Å²) in [6, 6.07) is 12.4. The van der Waals surface area contributed by atoms with Gasteiger partial charge in [-0.15, -0.1) is 0 Å². The monoisotopic (exact) mass is 456 g/mol. The first-order chi connectivity index (χ1) is 16.3. The number of ether oxygens (including phenoxy) is 1. The predicted molar refractivity (Wildman–Crippen MR) is 125 cm³/mol. The fourth-order valence-electron chi connectivity index (χ4n) is 3.53. The van der Waals surface area contributed by atoms with E-state index in [4.69, 9.17) is 4.74 Å². The molecule has 172 valence electrons. The maximum absolute atomic E-state index is 12.5. The van der Waals surface area contributed by atoms with Gasteiger partial charge in [0.05, 0.1) is 12.3 Å². The second kappa shape index (κ2) is 9.41. The SMILES string of the molecule is CCOC(=O)c1cc(-c2ccc(C)nc2)nc(-c2cccc(C#CC3(O)CCN(C)C3=O)c2)n1. The van der Waals surface area contributed by atoms with Gasteiger partial charge in [0.15, 0.2) is 11.5 Å². The van der Waals surface area contributed by atoms with E-state index in [2.05, 4.69) is 26.8 Å². The molecule has 0 bridgehead atoms. The highest BCUT2D eigenvalue weighted by atomic mass is 16.5. The third kappa shape index (κ3) is 4.80. The molecule has 0 aliphatic carbocycles. The number of aliphatic hydroxyl groups is 1. The molecule has 1 aliphatic rings. The molecule has 4 rings (SSSR count). The lowest BCUT2D eigenvalue weighted by Gasteiger charge is -2.13. The van der Waals surface area contributed by atoms with Crippen molar-refractivity contribution in [2.24, 2.45) is 0 Å². The number of esters is 1. The van der Waals surface area contributed by atoms with Gasteiger partial charge in [-0.1, -0.05) is 24.0 Å². The first kappa shape index (κ1) is 23.1. The molecular weight excluding hydrogens is 432 g/mol. The third-order valence-electron chi connectivity index (χ3n) is 5.46. The summed E-state index contributed by atoms with van der Waals surface area (Å²) < 4.78 is 5.15. The molecule has 1 saturated heterocycles. The molecular formula is C26H24N4O4. The summed E-state index contributed by atoms with van der Waals surface area (Å²) in [4.78, 5) is 39.5. The van der Waals surface area contributed by atoms with E-state index in [1.165, 1.54) is 4.90 Å². The number of likely N-dealkylation sites (N-methyl/N-ethyl adjacent to an activating group) is 1. The van der Waals surface area contributed by atoms with E-state index in [9.17, 15) is 14.7 Å². The number of hydrogen-bond donors (Lipinski definition) is 1. The molecule has 1 unspecified atom stereocenters. The largest absolute Gasteiger partial charge is 0.461 e. The standard InChI is InChI=1S/C26H24N4O4/c1-4-34-24(31)22-15-21(20-9-8-17(2)27-16-20)28-23(29-22)19-7-5-6-18(14-19)10-11-26(33)12-13-30(3)25(26)32/h5-9,14-16,33H,4,12-13H2,1-3H3. The van der Waals surface area contributed by atoms with Gasteiger partial charge in [0.1, 0.15) is 0 Å². The molecule has 1 aromatic carbocycles. The number of hydrogen-bond acceptors (Lipinski definition) is 7. The van der Waals surface area contributed by atoms with Gasteiger partial charge in [0.25, 0.3) is 5.91 Å². The minimum atomic E-state index is -1.68. The number of rotatable bonds is 4. The molecule has 3 aromatic rings. The summed E-state index contributed by atoms with van der Waals surface area (Å²) in [6.07, 6.45) is 1.95. The number of aromatic nitrogens is 3. The Kier molecular flexibility index (Phi) is 6.39. The number of carbonyl (C=O) groups excluding carboxylic acids is 2. The Morgan fingerprint density at radius 2 is 2.03 bits per heavy atom. The minimum absolute atomic E-state index is 0.132. The zero-order chi connectivity index (χ0) is 24.3. The summed E-state index contributed by atoms with van der Waals surface area (Å²) >= 11 is 0. The van der Waals surface area contributed by atoms with Crippen molar-refractivity contribution in [3.63, 3.8) is 0 Å². The van der Waals surface area contributed by atoms with Crippen molar-refractivity contribution >= 4 is 11.9 Å². The Morgan fingerprint density at radius 1 is 1.21 bits per heavy atom. The fraction of sp³-hybridized carbons (Fsp3) is 0.269. The normalized spacial score (nSPS) is 17.3. The number of amides is 1. The highest BCUT2D eigenvalue weighted by Gasteiger charge is 2.42. The van der Waals surface area contributed by atoms with Crippen molar-refractivity contribution in [1.82, 2.24) is 19.9 Å². The van der Waals surface area contributed by atoms with Crippen LogP contribution >= 0.6 is 0 Å². The molecule has 1 atom stereocenters. The summed E-state index contributed by atoms with van der Waals surface area (Å²) in [5.41, 5.74) is 1.79. The summed E-state index contributed by atoms with van der Waals surface area (Å²) in [5.74, 6) is 4.98. The van der Waals surface area contributed by atoms with E-state index < -0.39 is 17.5 Å². The molecule has 34 heavy (non-hydrogen) atoms. The quantitative estimate of drug-likeness (QED) is 0.475. The van der Waals surface area contributed by atoms with E-state index >= 15 is 0 Å².